The van der Waals surface area contributed by atoms with Gasteiger partial charge in [-0.2, -0.15) is 0 Å². The molecule has 0 aliphatic heterocycles. The summed E-state index contributed by atoms with van der Waals surface area (Å²) in [6, 6.07) is 87.1. The second-order valence-corrected chi connectivity index (χ2v) is 16.0. The fraction of sp³-hybridized carbons (Fsp3) is 0. The van der Waals surface area contributed by atoms with Crippen molar-refractivity contribution in [3.63, 3.8) is 0 Å². The van der Waals surface area contributed by atoms with Crippen LogP contribution in [-0.4, -0.2) is 4.57 Å². The number of benzene rings is 10. The van der Waals surface area contributed by atoms with Gasteiger partial charge in [-0.25, -0.2) is 0 Å². The van der Waals surface area contributed by atoms with Gasteiger partial charge in [0, 0.05) is 49.4 Å². The van der Waals surface area contributed by atoms with Crippen LogP contribution >= 0.6 is 0 Å². The highest BCUT2D eigenvalue weighted by atomic mass is 16.3. The van der Waals surface area contributed by atoms with Gasteiger partial charge in [-0.1, -0.05) is 200 Å². The summed E-state index contributed by atoms with van der Waals surface area (Å²) in [4.78, 5) is 2.47. The third-order valence-corrected chi connectivity index (χ3v) is 12.4. The Balaban J connectivity index is 1.12. The van der Waals surface area contributed by atoms with Gasteiger partial charge in [0.1, 0.15) is 11.2 Å². The van der Waals surface area contributed by atoms with Crippen molar-refractivity contribution in [3.8, 4) is 50.2 Å². The van der Waals surface area contributed by atoms with Gasteiger partial charge < -0.3 is 13.9 Å². The standard InChI is InChI=1S/C60H40N2O/c1-2-19-41(20-3-1)42-37-39-43(40-38-42)44-21-4-11-30-53(44)61(58-35-16-9-26-49(58)51-28-18-29-52-50-27-10-17-36-59(50)63-60(51)52)54-31-12-5-22-45(54)46-23-6-13-32-55(46)62-56-33-14-7-24-47(56)48-25-8-15-34-57(48)62/h1-40H. The van der Waals surface area contributed by atoms with E-state index in [1.54, 1.807) is 0 Å². The maximum absolute atomic E-state index is 6.72. The van der Waals surface area contributed by atoms with Crippen molar-refractivity contribution in [2.45, 2.75) is 0 Å². The molecule has 0 N–H and O–H groups in total. The zero-order valence-corrected chi connectivity index (χ0v) is 34.4. The van der Waals surface area contributed by atoms with E-state index in [1.165, 1.54) is 32.9 Å². The summed E-state index contributed by atoms with van der Waals surface area (Å²) >= 11 is 0. The minimum absolute atomic E-state index is 0.876. The third-order valence-electron chi connectivity index (χ3n) is 12.4. The van der Waals surface area contributed by atoms with Crippen molar-refractivity contribution in [1.82, 2.24) is 4.57 Å². The Bertz CT molecular complexity index is 3580. The quantitative estimate of drug-likeness (QED) is 0.153. The molecule has 0 atom stereocenters. The number of furan rings is 1. The fourth-order valence-corrected chi connectivity index (χ4v) is 9.61. The first kappa shape index (κ1) is 36.5. The predicted molar refractivity (Wildman–Crippen MR) is 264 cm³/mol. The molecule has 0 spiro atoms. The molecule has 0 aliphatic rings. The van der Waals surface area contributed by atoms with E-state index in [2.05, 4.69) is 246 Å². The number of para-hydroxylation sites is 8. The number of aromatic nitrogens is 1. The highest BCUT2D eigenvalue weighted by Crippen LogP contribution is 2.50. The van der Waals surface area contributed by atoms with Gasteiger partial charge in [-0.3, -0.25) is 0 Å². The first-order valence-electron chi connectivity index (χ1n) is 21.5. The van der Waals surface area contributed by atoms with Crippen molar-refractivity contribution in [3.05, 3.63) is 243 Å². The molecule has 0 saturated carbocycles. The SMILES string of the molecule is c1ccc(-c2ccc(-c3ccccc3N(c3ccccc3-c3ccccc3-n3c4ccccc4c4ccccc43)c3ccccc3-c3cccc4c3oc3ccccc34)cc2)cc1. The number of fused-ring (bicyclic) bond motifs is 6. The Morgan fingerprint density at radius 2 is 0.730 bits per heavy atom. The first-order chi connectivity index (χ1) is 31.3. The van der Waals surface area contributed by atoms with Crippen LogP contribution in [0.15, 0.2) is 247 Å². The Hall–Kier alpha value is -8.40. The van der Waals surface area contributed by atoms with Gasteiger partial charge in [0.2, 0.25) is 0 Å². The predicted octanol–water partition coefficient (Wildman–Crippen LogP) is 16.8. The number of hydrogen-bond donors (Lipinski definition) is 0. The topological polar surface area (TPSA) is 21.3 Å². The average molecular weight is 805 g/mol. The molecule has 2 heterocycles. The zero-order valence-electron chi connectivity index (χ0n) is 34.4. The Morgan fingerprint density at radius 1 is 0.286 bits per heavy atom. The molecule has 0 radical (unpaired) electrons. The van der Waals surface area contributed by atoms with E-state index in [1.807, 2.05) is 6.07 Å². The second-order valence-electron chi connectivity index (χ2n) is 16.0. The fourth-order valence-electron chi connectivity index (χ4n) is 9.61. The lowest BCUT2D eigenvalue weighted by molar-refractivity contribution is 0.670. The van der Waals surface area contributed by atoms with Gasteiger partial charge in [-0.15, -0.1) is 0 Å². The lowest BCUT2D eigenvalue weighted by Crippen LogP contribution is -2.14. The lowest BCUT2D eigenvalue weighted by atomic mass is 9.95. The average Bonchev–Trinajstić information content (AvgIpc) is 3.91. The molecule has 3 heteroatoms. The summed E-state index contributed by atoms with van der Waals surface area (Å²) in [5, 5.41) is 4.68. The molecule has 63 heavy (non-hydrogen) atoms. The summed E-state index contributed by atoms with van der Waals surface area (Å²) < 4.78 is 9.15. The van der Waals surface area contributed by atoms with Gasteiger partial charge in [-0.05, 0) is 59.2 Å². The van der Waals surface area contributed by atoms with Crippen molar-refractivity contribution < 1.29 is 4.42 Å². The summed E-state index contributed by atoms with van der Waals surface area (Å²) in [6.45, 7) is 0. The van der Waals surface area contributed by atoms with Crippen LogP contribution in [0, 0.1) is 0 Å². The lowest BCUT2D eigenvalue weighted by Gasteiger charge is -2.32. The van der Waals surface area contributed by atoms with Crippen LogP contribution in [0.2, 0.25) is 0 Å². The summed E-state index contributed by atoms with van der Waals surface area (Å²) in [7, 11) is 0. The number of nitrogens with zero attached hydrogens (tertiary/aromatic N) is 2. The van der Waals surface area contributed by atoms with Gasteiger partial charge >= 0.3 is 0 Å². The summed E-state index contributed by atoms with van der Waals surface area (Å²) in [5.41, 5.74) is 17.4. The van der Waals surface area contributed by atoms with E-state index in [0.29, 0.717) is 0 Å². The molecule has 12 aromatic rings. The van der Waals surface area contributed by atoms with Gasteiger partial charge in [0.25, 0.3) is 0 Å². The van der Waals surface area contributed by atoms with Crippen molar-refractivity contribution in [1.29, 1.82) is 0 Å². The highest BCUT2D eigenvalue weighted by Gasteiger charge is 2.26. The highest BCUT2D eigenvalue weighted by molar-refractivity contribution is 6.12. The van der Waals surface area contributed by atoms with Crippen LogP contribution in [0.25, 0.3) is 93.9 Å². The molecule has 0 fully saturated rings. The molecule has 10 aromatic carbocycles. The summed E-state index contributed by atoms with van der Waals surface area (Å²) in [5.74, 6) is 0. The molecular formula is C60H40N2O. The second kappa shape index (κ2) is 15.3. The van der Waals surface area contributed by atoms with E-state index in [-0.39, 0.29) is 0 Å². The van der Waals surface area contributed by atoms with Crippen LogP contribution in [-0.2, 0) is 0 Å². The first-order valence-corrected chi connectivity index (χ1v) is 21.5. The molecule has 12 rings (SSSR count). The Morgan fingerprint density at radius 3 is 1.41 bits per heavy atom. The summed E-state index contributed by atoms with van der Waals surface area (Å²) in [6.07, 6.45) is 0. The van der Waals surface area contributed by atoms with E-state index < -0.39 is 0 Å². The number of rotatable bonds is 8. The normalized spacial score (nSPS) is 11.5. The Labute approximate surface area is 366 Å². The number of anilines is 3. The van der Waals surface area contributed by atoms with Crippen LogP contribution < -0.4 is 4.90 Å². The molecule has 0 saturated heterocycles. The van der Waals surface area contributed by atoms with Gasteiger partial charge in [0.05, 0.1) is 33.8 Å². The molecule has 0 aliphatic carbocycles. The van der Waals surface area contributed by atoms with Crippen molar-refractivity contribution in [2.75, 3.05) is 4.90 Å². The maximum Gasteiger partial charge on any atom is 0.143 e. The van der Waals surface area contributed by atoms with Crippen molar-refractivity contribution in [2.24, 2.45) is 0 Å². The van der Waals surface area contributed by atoms with E-state index >= 15 is 0 Å². The monoisotopic (exact) mass is 804 g/mol. The minimum atomic E-state index is 0.876. The molecule has 0 amide bonds. The molecule has 3 nitrogen and oxygen atoms in total. The molecular weight excluding hydrogens is 765 g/mol. The molecule has 0 bridgehead atoms. The molecule has 0 unspecified atom stereocenters. The smallest absolute Gasteiger partial charge is 0.143 e. The largest absolute Gasteiger partial charge is 0.455 e. The van der Waals surface area contributed by atoms with Gasteiger partial charge in [0.15, 0.2) is 0 Å². The van der Waals surface area contributed by atoms with Crippen LogP contribution in [0.5, 0.6) is 0 Å². The van der Waals surface area contributed by atoms with Crippen LogP contribution in [0.3, 0.4) is 0 Å². The molecule has 296 valence electrons. The minimum Gasteiger partial charge on any atom is -0.455 e. The van der Waals surface area contributed by atoms with Crippen LogP contribution in [0.1, 0.15) is 0 Å². The van der Waals surface area contributed by atoms with E-state index in [9.17, 15) is 0 Å². The molecule has 2 aromatic heterocycles. The zero-order chi connectivity index (χ0) is 41.7. The Kier molecular flexibility index (Phi) is 8.83. The third kappa shape index (κ3) is 6.13. The van der Waals surface area contributed by atoms with E-state index in [4.69, 9.17) is 4.42 Å². The van der Waals surface area contributed by atoms with Crippen molar-refractivity contribution >= 4 is 60.8 Å². The maximum atomic E-state index is 6.72. The van der Waals surface area contributed by atoms with Crippen LogP contribution in [0.4, 0.5) is 17.1 Å². The van der Waals surface area contributed by atoms with E-state index in [0.717, 1.165) is 78.1 Å². The number of hydrogen-bond acceptors (Lipinski definition) is 2.